The molecule has 0 saturated carbocycles. The van der Waals surface area contributed by atoms with E-state index in [4.69, 9.17) is 21.1 Å². The third-order valence-electron chi connectivity index (χ3n) is 3.44. The average Bonchev–Trinajstić information content (AvgIpc) is 2.58. The molecule has 0 saturated heterocycles. The van der Waals surface area contributed by atoms with E-state index in [-0.39, 0.29) is 12.1 Å². The highest BCUT2D eigenvalue weighted by Gasteiger charge is 2.20. The summed E-state index contributed by atoms with van der Waals surface area (Å²) in [6, 6.07) is 7.40. The standard InChI is InChI=1S/C18H16ClF2NO4/c1-10(18(24)22-15-9-13(20)4-5-14(15)21)26-17(23)8-11-7-12(19)3-6-16(11)25-2/h3-7,9-10H,8H2,1-2H3,(H,22,24)/t10-/m1/s1. The normalized spacial score (nSPS) is 11.6. The lowest BCUT2D eigenvalue weighted by atomic mass is 10.1. The summed E-state index contributed by atoms with van der Waals surface area (Å²) in [6.07, 6.45) is -1.38. The van der Waals surface area contributed by atoms with Crippen molar-refractivity contribution in [3.63, 3.8) is 0 Å². The minimum Gasteiger partial charge on any atom is -0.496 e. The lowest BCUT2D eigenvalue weighted by Gasteiger charge is -2.15. The van der Waals surface area contributed by atoms with Crippen molar-refractivity contribution in [2.45, 2.75) is 19.4 Å². The Balaban J connectivity index is 1.99. The van der Waals surface area contributed by atoms with Gasteiger partial charge in [0.15, 0.2) is 6.10 Å². The van der Waals surface area contributed by atoms with Crippen LogP contribution in [0.2, 0.25) is 5.02 Å². The summed E-state index contributed by atoms with van der Waals surface area (Å²) in [4.78, 5) is 24.1. The van der Waals surface area contributed by atoms with Gasteiger partial charge in [0.05, 0.1) is 19.2 Å². The summed E-state index contributed by atoms with van der Waals surface area (Å²) < 4.78 is 36.8. The molecule has 1 amide bonds. The molecule has 0 spiro atoms. The van der Waals surface area contributed by atoms with Crippen LogP contribution in [0.5, 0.6) is 5.75 Å². The first kappa shape index (κ1) is 19.7. The topological polar surface area (TPSA) is 64.6 Å². The van der Waals surface area contributed by atoms with E-state index in [1.54, 1.807) is 18.2 Å². The zero-order valence-electron chi connectivity index (χ0n) is 14.0. The number of carbonyl (C=O) groups is 2. The zero-order chi connectivity index (χ0) is 19.3. The van der Waals surface area contributed by atoms with Gasteiger partial charge < -0.3 is 14.8 Å². The Bertz CT molecular complexity index is 829. The summed E-state index contributed by atoms with van der Waals surface area (Å²) in [5, 5.41) is 2.59. The average molecular weight is 384 g/mol. The molecular formula is C18H16ClF2NO4. The number of rotatable bonds is 6. The molecule has 0 heterocycles. The molecule has 1 N–H and O–H groups in total. The molecule has 0 aliphatic rings. The first-order valence-electron chi connectivity index (χ1n) is 7.58. The Morgan fingerprint density at radius 2 is 1.92 bits per heavy atom. The second-order valence-corrected chi connectivity index (χ2v) is 5.81. The number of carbonyl (C=O) groups excluding carboxylic acids is 2. The number of hydrogen-bond donors (Lipinski definition) is 1. The van der Waals surface area contributed by atoms with Gasteiger partial charge in [-0.05, 0) is 37.3 Å². The molecule has 2 aromatic carbocycles. The van der Waals surface area contributed by atoms with Crippen molar-refractivity contribution in [1.82, 2.24) is 0 Å². The van der Waals surface area contributed by atoms with E-state index in [9.17, 15) is 18.4 Å². The third-order valence-corrected chi connectivity index (χ3v) is 3.68. The van der Waals surface area contributed by atoms with Gasteiger partial charge in [-0.3, -0.25) is 9.59 Å². The van der Waals surface area contributed by atoms with Gasteiger partial charge in [0.25, 0.3) is 5.91 Å². The Hall–Kier alpha value is -2.67. The number of methoxy groups -OCH3 is 1. The summed E-state index contributed by atoms with van der Waals surface area (Å²) >= 11 is 5.89. The number of anilines is 1. The van der Waals surface area contributed by atoms with Crippen LogP contribution < -0.4 is 10.1 Å². The molecule has 0 unspecified atom stereocenters. The van der Waals surface area contributed by atoms with Crippen LogP contribution in [-0.4, -0.2) is 25.1 Å². The van der Waals surface area contributed by atoms with Gasteiger partial charge in [0.2, 0.25) is 0 Å². The Morgan fingerprint density at radius 1 is 1.19 bits per heavy atom. The van der Waals surface area contributed by atoms with Gasteiger partial charge in [0.1, 0.15) is 17.4 Å². The molecule has 138 valence electrons. The van der Waals surface area contributed by atoms with Gasteiger partial charge in [0, 0.05) is 16.7 Å². The van der Waals surface area contributed by atoms with Crippen molar-refractivity contribution in [3.05, 3.63) is 58.6 Å². The van der Waals surface area contributed by atoms with E-state index in [0.29, 0.717) is 16.3 Å². The van der Waals surface area contributed by atoms with E-state index in [1.807, 2.05) is 0 Å². The van der Waals surface area contributed by atoms with E-state index >= 15 is 0 Å². The first-order valence-corrected chi connectivity index (χ1v) is 7.95. The highest BCUT2D eigenvalue weighted by atomic mass is 35.5. The van der Waals surface area contributed by atoms with Crippen molar-refractivity contribution in [2.24, 2.45) is 0 Å². The van der Waals surface area contributed by atoms with Crippen LogP contribution in [0.1, 0.15) is 12.5 Å². The van der Waals surface area contributed by atoms with Crippen LogP contribution in [0.25, 0.3) is 0 Å². The van der Waals surface area contributed by atoms with Gasteiger partial charge in [-0.25, -0.2) is 8.78 Å². The fourth-order valence-electron chi connectivity index (χ4n) is 2.16. The number of benzene rings is 2. The summed E-state index contributed by atoms with van der Waals surface area (Å²) in [5.74, 6) is -2.56. The molecule has 0 radical (unpaired) electrons. The van der Waals surface area contributed by atoms with E-state index in [1.165, 1.54) is 14.0 Å². The predicted octanol–water partition coefficient (Wildman–Crippen LogP) is 3.74. The van der Waals surface area contributed by atoms with E-state index < -0.39 is 29.6 Å². The van der Waals surface area contributed by atoms with Gasteiger partial charge in [-0.15, -0.1) is 0 Å². The molecule has 2 rings (SSSR count). The maximum Gasteiger partial charge on any atom is 0.311 e. The second kappa shape index (κ2) is 8.62. The van der Waals surface area contributed by atoms with Crippen molar-refractivity contribution in [1.29, 1.82) is 0 Å². The molecule has 2 aromatic rings. The molecule has 26 heavy (non-hydrogen) atoms. The Kier molecular flexibility index (Phi) is 6.52. The predicted molar refractivity (Wildman–Crippen MR) is 92.2 cm³/mol. The highest BCUT2D eigenvalue weighted by molar-refractivity contribution is 6.30. The monoisotopic (exact) mass is 383 g/mol. The first-order chi connectivity index (χ1) is 12.3. The smallest absolute Gasteiger partial charge is 0.311 e. The van der Waals surface area contributed by atoms with Gasteiger partial charge in [-0.1, -0.05) is 11.6 Å². The molecular weight excluding hydrogens is 368 g/mol. The number of halogens is 3. The van der Waals surface area contributed by atoms with Gasteiger partial charge in [-0.2, -0.15) is 0 Å². The molecule has 0 aromatic heterocycles. The summed E-state index contributed by atoms with van der Waals surface area (Å²) in [5.41, 5.74) is 0.156. The van der Waals surface area contributed by atoms with Crippen molar-refractivity contribution >= 4 is 29.2 Å². The molecule has 0 aliphatic carbocycles. The fraction of sp³-hybridized carbons (Fsp3) is 0.222. The van der Waals surface area contributed by atoms with Crippen molar-refractivity contribution in [2.75, 3.05) is 12.4 Å². The van der Waals surface area contributed by atoms with E-state index in [2.05, 4.69) is 5.32 Å². The number of hydrogen-bond acceptors (Lipinski definition) is 4. The fourth-order valence-corrected chi connectivity index (χ4v) is 2.36. The Morgan fingerprint density at radius 3 is 2.62 bits per heavy atom. The number of amides is 1. The van der Waals surface area contributed by atoms with Gasteiger partial charge >= 0.3 is 5.97 Å². The SMILES string of the molecule is COc1ccc(Cl)cc1CC(=O)O[C@H](C)C(=O)Nc1cc(F)ccc1F. The van der Waals surface area contributed by atoms with Crippen LogP contribution in [-0.2, 0) is 20.7 Å². The second-order valence-electron chi connectivity index (χ2n) is 5.38. The lowest BCUT2D eigenvalue weighted by Crippen LogP contribution is -2.30. The molecule has 0 bridgehead atoms. The molecule has 0 fully saturated rings. The number of ether oxygens (including phenoxy) is 2. The molecule has 0 aliphatic heterocycles. The third kappa shape index (κ3) is 5.16. The van der Waals surface area contributed by atoms with Crippen LogP contribution in [0.3, 0.4) is 0 Å². The molecule has 8 heteroatoms. The van der Waals surface area contributed by atoms with Crippen molar-refractivity contribution < 1.29 is 27.8 Å². The minimum absolute atomic E-state index is 0.171. The maximum absolute atomic E-state index is 13.5. The largest absolute Gasteiger partial charge is 0.496 e. The Labute approximate surface area is 153 Å². The van der Waals surface area contributed by atoms with Crippen LogP contribution in [0.15, 0.2) is 36.4 Å². The number of esters is 1. The van der Waals surface area contributed by atoms with E-state index in [0.717, 1.165) is 18.2 Å². The molecule has 1 atom stereocenters. The minimum atomic E-state index is -1.21. The maximum atomic E-state index is 13.5. The zero-order valence-corrected chi connectivity index (χ0v) is 14.8. The summed E-state index contributed by atoms with van der Waals surface area (Å²) in [7, 11) is 1.45. The quantitative estimate of drug-likeness (QED) is 0.772. The highest BCUT2D eigenvalue weighted by Crippen LogP contribution is 2.23. The lowest BCUT2D eigenvalue weighted by molar-refractivity contribution is -0.152. The van der Waals surface area contributed by atoms with Crippen molar-refractivity contribution in [3.8, 4) is 5.75 Å². The van der Waals surface area contributed by atoms with Crippen LogP contribution in [0.4, 0.5) is 14.5 Å². The van der Waals surface area contributed by atoms with Crippen LogP contribution >= 0.6 is 11.6 Å². The summed E-state index contributed by atoms with van der Waals surface area (Å²) in [6.45, 7) is 1.32. The molecule has 5 nitrogen and oxygen atoms in total. The van der Waals surface area contributed by atoms with Crippen LogP contribution in [0, 0.1) is 11.6 Å². The number of nitrogens with one attached hydrogen (secondary N) is 1.